The fourth-order valence-corrected chi connectivity index (χ4v) is 3.22. The number of para-hydroxylation sites is 1. The van der Waals surface area contributed by atoms with E-state index in [9.17, 15) is 9.59 Å². The number of piperazine rings is 1. The van der Waals surface area contributed by atoms with Gasteiger partial charge in [-0.2, -0.15) is 0 Å². The van der Waals surface area contributed by atoms with Crippen molar-refractivity contribution in [3.8, 4) is 0 Å². The van der Waals surface area contributed by atoms with E-state index >= 15 is 0 Å². The van der Waals surface area contributed by atoms with E-state index in [1.807, 2.05) is 23.6 Å². The van der Waals surface area contributed by atoms with Crippen LogP contribution in [0.2, 0.25) is 0 Å². The molecule has 1 aromatic carbocycles. The number of thiophene rings is 1. The maximum absolute atomic E-state index is 12.5. The minimum absolute atomic E-state index is 0.0429. The Morgan fingerprint density at radius 2 is 1.55 bits per heavy atom. The smallest absolute Gasteiger partial charge is 0.264 e. The molecule has 0 aliphatic carbocycles. The van der Waals surface area contributed by atoms with Crippen LogP contribution in [0.4, 0.5) is 5.69 Å². The molecule has 3 rings (SSSR count). The van der Waals surface area contributed by atoms with Gasteiger partial charge in [0.05, 0.1) is 10.4 Å². The van der Waals surface area contributed by atoms with Gasteiger partial charge >= 0.3 is 0 Å². The number of benzene rings is 1. The molecule has 0 radical (unpaired) electrons. The molecule has 2 aromatic rings. The van der Waals surface area contributed by atoms with Crippen molar-refractivity contribution in [2.45, 2.75) is 0 Å². The standard InChI is InChI=1S/C16H17N3O2S/c17-13-5-2-1-4-12(13)15(20)18-7-9-19(10-8-18)16(21)14-6-3-11-22-14/h1-6,11H,7-10,17H2. The average molecular weight is 315 g/mol. The van der Waals surface area contributed by atoms with Crippen LogP contribution in [-0.4, -0.2) is 47.8 Å². The van der Waals surface area contributed by atoms with Gasteiger partial charge in [0.1, 0.15) is 0 Å². The summed E-state index contributed by atoms with van der Waals surface area (Å²) in [6.07, 6.45) is 0. The van der Waals surface area contributed by atoms with E-state index in [0.29, 0.717) is 37.4 Å². The highest BCUT2D eigenvalue weighted by atomic mass is 32.1. The van der Waals surface area contributed by atoms with Gasteiger partial charge < -0.3 is 15.5 Å². The highest BCUT2D eigenvalue weighted by Gasteiger charge is 2.26. The Labute approximate surface area is 132 Å². The van der Waals surface area contributed by atoms with E-state index < -0.39 is 0 Å². The van der Waals surface area contributed by atoms with Gasteiger partial charge in [0.2, 0.25) is 0 Å². The Morgan fingerprint density at radius 1 is 0.909 bits per heavy atom. The largest absolute Gasteiger partial charge is 0.398 e. The molecule has 114 valence electrons. The molecule has 1 aromatic heterocycles. The van der Waals surface area contributed by atoms with Crippen molar-refractivity contribution in [2.24, 2.45) is 0 Å². The van der Waals surface area contributed by atoms with Gasteiger partial charge in [-0.15, -0.1) is 11.3 Å². The number of anilines is 1. The van der Waals surface area contributed by atoms with Gasteiger partial charge in [-0.05, 0) is 23.6 Å². The van der Waals surface area contributed by atoms with Crippen LogP contribution in [0, 0.1) is 0 Å². The van der Waals surface area contributed by atoms with E-state index in [1.165, 1.54) is 11.3 Å². The van der Waals surface area contributed by atoms with Crippen molar-refractivity contribution in [2.75, 3.05) is 31.9 Å². The first-order chi connectivity index (χ1) is 10.7. The van der Waals surface area contributed by atoms with E-state index in [1.54, 1.807) is 28.0 Å². The third-order valence-corrected chi connectivity index (χ3v) is 4.64. The molecule has 2 amide bonds. The van der Waals surface area contributed by atoms with Crippen LogP contribution in [0.3, 0.4) is 0 Å². The number of nitrogen functional groups attached to an aromatic ring is 1. The molecule has 2 heterocycles. The van der Waals surface area contributed by atoms with Gasteiger partial charge in [0.15, 0.2) is 0 Å². The maximum atomic E-state index is 12.5. The van der Waals surface area contributed by atoms with Gasteiger partial charge in [0, 0.05) is 31.9 Å². The molecular weight excluding hydrogens is 298 g/mol. The van der Waals surface area contributed by atoms with E-state index in [0.717, 1.165) is 4.88 Å². The molecule has 0 unspecified atom stereocenters. The zero-order valence-corrected chi connectivity index (χ0v) is 12.9. The average Bonchev–Trinajstić information content (AvgIpc) is 3.09. The van der Waals surface area contributed by atoms with Crippen LogP contribution >= 0.6 is 11.3 Å². The monoisotopic (exact) mass is 315 g/mol. The van der Waals surface area contributed by atoms with Gasteiger partial charge in [-0.25, -0.2) is 0 Å². The van der Waals surface area contributed by atoms with Crippen molar-refractivity contribution < 1.29 is 9.59 Å². The van der Waals surface area contributed by atoms with Crippen LogP contribution < -0.4 is 5.73 Å². The summed E-state index contributed by atoms with van der Waals surface area (Å²) in [5.41, 5.74) is 6.88. The summed E-state index contributed by atoms with van der Waals surface area (Å²) in [7, 11) is 0. The first-order valence-electron chi connectivity index (χ1n) is 7.13. The molecule has 1 aliphatic rings. The van der Waals surface area contributed by atoms with Crippen molar-refractivity contribution >= 4 is 28.8 Å². The highest BCUT2D eigenvalue weighted by Crippen LogP contribution is 2.17. The van der Waals surface area contributed by atoms with Crippen molar-refractivity contribution in [3.05, 3.63) is 52.2 Å². The summed E-state index contributed by atoms with van der Waals surface area (Å²) < 4.78 is 0. The molecule has 1 saturated heterocycles. The van der Waals surface area contributed by atoms with Gasteiger partial charge in [0.25, 0.3) is 11.8 Å². The second kappa shape index (κ2) is 6.19. The number of amides is 2. The third-order valence-electron chi connectivity index (χ3n) is 3.78. The minimum atomic E-state index is -0.0682. The predicted octanol–water partition coefficient (Wildman–Crippen LogP) is 1.93. The quantitative estimate of drug-likeness (QED) is 0.861. The number of nitrogens with zero attached hydrogens (tertiary/aromatic N) is 2. The lowest BCUT2D eigenvalue weighted by molar-refractivity contribution is 0.0538. The first-order valence-corrected chi connectivity index (χ1v) is 8.01. The lowest BCUT2D eigenvalue weighted by Gasteiger charge is -2.34. The molecular formula is C16H17N3O2S. The van der Waals surface area contributed by atoms with Crippen molar-refractivity contribution in [3.63, 3.8) is 0 Å². The Kier molecular flexibility index (Phi) is 4.11. The number of carbonyl (C=O) groups excluding carboxylic acids is 2. The van der Waals surface area contributed by atoms with Gasteiger partial charge in [-0.3, -0.25) is 9.59 Å². The Hall–Kier alpha value is -2.34. The molecule has 0 atom stereocenters. The second-order valence-corrected chi connectivity index (χ2v) is 6.10. The summed E-state index contributed by atoms with van der Waals surface area (Å²) in [5.74, 6) is -0.0253. The summed E-state index contributed by atoms with van der Waals surface area (Å²) in [6.45, 7) is 2.17. The van der Waals surface area contributed by atoms with E-state index in [-0.39, 0.29) is 11.8 Å². The van der Waals surface area contributed by atoms with E-state index in [2.05, 4.69) is 0 Å². The molecule has 1 aliphatic heterocycles. The van der Waals surface area contributed by atoms with Crippen molar-refractivity contribution in [1.82, 2.24) is 9.80 Å². The minimum Gasteiger partial charge on any atom is -0.398 e. The summed E-state index contributed by atoms with van der Waals surface area (Å²) in [4.78, 5) is 29.0. The SMILES string of the molecule is Nc1ccccc1C(=O)N1CCN(C(=O)c2cccs2)CC1. The molecule has 6 heteroatoms. The molecule has 0 spiro atoms. The first kappa shape index (κ1) is 14.6. The third kappa shape index (κ3) is 2.82. The maximum Gasteiger partial charge on any atom is 0.264 e. The number of hydrogen-bond acceptors (Lipinski definition) is 4. The normalized spacial score (nSPS) is 14.9. The fraction of sp³-hybridized carbons (Fsp3) is 0.250. The Bertz CT molecular complexity index is 676. The lowest BCUT2D eigenvalue weighted by Crippen LogP contribution is -2.50. The molecule has 1 fully saturated rings. The zero-order chi connectivity index (χ0) is 15.5. The molecule has 22 heavy (non-hydrogen) atoms. The number of carbonyl (C=O) groups is 2. The lowest BCUT2D eigenvalue weighted by atomic mass is 10.1. The topological polar surface area (TPSA) is 66.6 Å². The summed E-state index contributed by atoms with van der Waals surface area (Å²) in [5, 5.41) is 1.89. The van der Waals surface area contributed by atoms with Crippen LogP contribution in [0.25, 0.3) is 0 Å². The summed E-state index contributed by atoms with van der Waals surface area (Å²) in [6, 6.07) is 10.8. The second-order valence-electron chi connectivity index (χ2n) is 5.15. The van der Waals surface area contributed by atoms with Crippen LogP contribution in [0.5, 0.6) is 0 Å². The number of nitrogens with two attached hydrogens (primary N) is 1. The Morgan fingerprint density at radius 3 is 2.14 bits per heavy atom. The molecule has 5 nitrogen and oxygen atoms in total. The Balaban J connectivity index is 1.63. The molecule has 0 saturated carbocycles. The van der Waals surface area contributed by atoms with Gasteiger partial charge in [-0.1, -0.05) is 18.2 Å². The van der Waals surface area contributed by atoms with E-state index in [4.69, 9.17) is 5.73 Å². The molecule has 2 N–H and O–H groups in total. The molecule has 0 bridgehead atoms. The number of hydrogen-bond donors (Lipinski definition) is 1. The number of rotatable bonds is 2. The van der Waals surface area contributed by atoms with Crippen LogP contribution in [0.1, 0.15) is 20.0 Å². The van der Waals surface area contributed by atoms with Crippen LogP contribution in [0.15, 0.2) is 41.8 Å². The van der Waals surface area contributed by atoms with Crippen molar-refractivity contribution in [1.29, 1.82) is 0 Å². The highest BCUT2D eigenvalue weighted by molar-refractivity contribution is 7.12. The summed E-state index contributed by atoms with van der Waals surface area (Å²) >= 11 is 1.44. The fourth-order valence-electron chi connectivity index (χ4n) is 2.53. The van der Waals surface area contributed by atoms with Crippen LogP contribution in [-0.2, 0) is 0 Å². The zero-order valence-electron chi connectivity index (χ0n) is 12.1. The predicted molar refractivity (Wildman–Crippen MR) is 87.0 cm³/mol.